The van der Waals surface area contributed by atoms with Crippen molar-refractivity contribution in [3.05, 3.63) is 46.0 Å². The molecule has 23 heavy (non-hydrogen) atoms. The van der Waals surface area contributed by atoms with Crippen molar-refractivity contribution in [1.82, 2.24) is 4.98 Å². The second-order valence-electron chi connectivity index (χ2n) is 4.99. The van der Waals surface area contributed by atoms with Crippen LogP contribution in [0.4, 0.5) is 5.13 Å². The van der Waals surface area contributed by atoms with Gasteiger partial charge in [0.05, 0.1) is 5.69 Å². The fourth-order valence-corrected chi connectivity index (χ4v) is 3.11. The summed E-state index contributed by atoms with van der Waals surface area (Å²) >= 11 is 1.34. The van der Waals surface area contributed by atoms with Crippen LogP contribution in [0.25, 0.3) is 0 Å². The van der Waals surface area contributed by atoms with Gasteiger partial charge in [0.2, 0.25) is 0 Å². The largest absolute Gasteiger partial charge is 0.333 e. The number of carbonyl (C=O) groups is 1. The van der Waals surface area contributed by atoms with Gasteiger partial charge in [0.15, 0.2) is 5.13 Å². The molecular weight excluding hydrogens is 338 g/mol. The molecular formula is C14H17N3O4S2. The van der Waals surface area contributed by atoms with Crippen molar-refractivity contribution in [2.75, 3.05) is 11.9 Å². The summed E-state index contributed by atoms with van der Waals surface area (Å²) in [6.07, 6.45) is 0.716. The Morgan fingerprint density at radius 3 is 2.57 bits per heavy atom. The lowest BCUT2D eigenvalue weighted by Gasteiger charge is -2.01. The highest BCUT2D eigenvalue weighted by Gasteiger charge is 2.13. The predicted octanol–water partition coefficient (Wildman–Crippen LogP) is 1.51. The van der Waals surface area contributed by atoms with Gasteiger partial charge in [-0.2, -0.15) is 8.42 Å². The Kier molecular flexibility index (Phi) is 5.47. The van der Waals surface area contributed by atoms with Gasteiger partial charge < -0.3 is 0 Å². The number of benzene rings is 1. The standard InChI is InChI=1S/C14H17N3O4S2/c1-9-3-5-11(6-4-9)7-12-10(2)16-14(22-12)17-13(18)8-21-23(15,19)20/h3-6H,7-8H2,1-2H3,(H2,15,19,20)(H,16,17,18). The molecule has 0 aliphatic rings. The number of nitrogens with one attached hydrogen (secondary N) is 1. The SMILES string of the molecule is Cc1ccc(Cc2sc(NC(=O)COS(N)(=O)=O)nc2C)cc1. The quantitative estimate of drug-likeness (QED) is 0.816. The maximum Gasteiger partial charge on any atom is 0.333 e. The lowest BCUT2D eigenvalue weighted by atomic mass is 10.1. The molecule has 0 atom stereocenters. The average molecular weight is 355 g/mol. The molecule has 124 valence electrons. The van der Waals surface area contributed by atoms with E-state index in [2.05, 4.69) is 19.6 Å². The molecule has 0 aliphatic carbocycles. The van der Waals surface area contributed by atoms with Crippen molar-refractivity contribution in [3.8, 4) is 0 Å². The van der Waals surface area contributed by atoms with E-state index in [0.717, 1.165) is 16.1 Å². The summed E-state index contributed by atoms with van der Waals surface area (Å²) in [5.74, 6) is -0.630. The van der Waals surface area contributed by atoms with Crippen molar-refractivity contribution < 1.29 is 17.4 Å². The molecule has 0 aliphatic heterocycles. The number of thiazole rings is 1. The number of amides is 1. The Morgan fingerprint density at radius 2 is 1.96 bits per heavy atom. The molecule has 0 bridgehead atoms. The molecule has 2 aromatic rings. The smallest absolute Gasteiger partial charge is 0.300 e. The van der Waals surface area contributed by atoms with E-state index in [0.29, 0.717) is 11.6 Å². The van der Waals surface area contributed by atoms with Gasteiger partial charge in [0, 0.05) is 11.3 Å². The van der Waals surface area contributed by atoms with E-state index >= 15 is 0 Å². The lowest BCUT2D eigenvalue weighted by Crippen LogP contribution is -2.24. The van der Waals surface area contributed by atoms with Crippen molar-refractivity contribution >= 4 is 32.7 Å². The number of hydrogen-bond acceptors (Lipinski definition) is 6. The van der Waals surface area contributed by atoms with Gasteiger partial charge in [-0.25, -0.2) is 14.3 Å². The fourth-order valence-electron chi connectivity index (χ4n) is 1.83. The normalized spacial score (nSPS) is 11.4. The molecule has 0 radical (unpaired) electrons. The third-order valence-corrected chi connectivity index (χ3v) is 4.50. The topological polar surface area (TPSA) is 111 Å². The number of rotatable bonds is 6. The van der Waals surface area contributed by atoms with Gasteiger partial charge in [-0.1, -0.05) is 29.8 Å². The van der Waals surface area contributed by atoms with Gasteiger partial charge in [-0.05, 0) is 19.4 Å². The summed E-state index contributed by atoms with van der Waals surface area (Å²) < 4.78 is 25.5. The molecule has 7 nitrogen and oxygen atoms in total. The van der Waals surface area contributed by atoms with Gasteiger partial charge in [0.1, 0.15) is 6.61 Å². The number of carbonyl (C=O) groups excluding carboxylic acids is 1. The summed E-state index contributed by atoms with van der Waals surface area (Å²) in [6.45, 7) is 3.21. The highest BCUT2D eigenvalue weighted by Crippen LogP contribution is 2.25. The first kappa shape index (κ1) is 17.5. The van der Waals surface area contributed by atoms with Gasteiger partial charge in [0.25, 0.3) is 5.91 Å². The van der Waals surface area contributed by atoms with Crippen molar-refractivity contribution in [3.63, 3.8) is 0 Å². The second kappa shape index (κ2) is 7.18. The van der Waals surface area contributed by atoms with E-state index in [1.807, 2.05) is 38.1 Å². The molecule has 0 saturated heterocycles. The van der Waals surface area contributed by atoms with Crippen LogP contribution in [0.3, 0.4) is 0 Å². The molecule has 1 amide bonds. The van der Waals surface area contributed by atoms with Crippen LogP contribution < -0.4 is 10.5 Å². The van der Waals surface area contributed by atoms with Crippen LogP contribution in [0, 0.1) is 13.8 Å². The molecule has 0 saturated carbocycles. The molecule has 1 heterocycles. The minimum absolute atomic E-state index is 0.396. The summed E-state index contributed by atoms with van der Waals surface area (Å²) in [4.78, 5) is 16.9. The van der Waals surface area contributed by atoms with Crippen molar-refractivity contribution in [2.45, 2.75) is 20.3 Å². The number of anilines is 1. The average Bonchev–Trinajstić information content (AvgIpc) is 2.78. The first-order valence-corrected chi connectivity index (χ1v) is 9.00. The third kappa shape index (κ3) is 5.71. The number of aryl methyl sites for hydroxylation is 2. The van der Waals surface area contributed by atoms with Gasteiger partial charge in [-0.15, -0.1) is 11.3 Å². The van der Waals surface area contributed by atoms with E-state index in [4.69, 9.17) is 0 Å². The molecule has 0 spiro atoms. The molecule has 1 aromatic heterocycles. The van der Waals surface area contributed by atoms with E-state index in [9.17, 15) is 13.2 Å². The van der Waals surface area contributed by atoms with Crippen LogP contribution in [0.15, 0.2) is 24.3 Å². The van der Waals surface area contributed by atoms with Crippen molar-refractivity contribution in [2.24, 2.45) is 5.14 Å². The molecule has 0 fully saturated rings. The Bertz CT molecular complexity index is 798. The summed E-state index contributed by atoms with van der Waals surface area (Å²) in [5, 5.41) is 7.55. The molecule has 3 N–H and O–H groups in total. The number of aromatic nitrogens is 1. The maximum absolute atomic E-state index is 11.6. The highest BCUT2D eigenvalue weighted by molar-refractivity contribution is 7.84. The van der Waals surface area contributed by atoms with Crippen LogP contribution in [0.2, 0.25) is 0 Å². The molecule has 0 unspecified atom stereocenters. The first-order chi connectivity index (χ1) is 10.7. The van der Waals surface area contributed by atoms with E-state index in [-0.39, 0.29) is 0 Å². The predicted molar refractivity (Wildman–Crippen MR) is 88.5 cm³/mol. The van der Waals surface area contributed by atoms with Gasteiger partial charge in [-0.3, -0.25) is 10.1 Å². The Labute approximate surface area is 138 Å². The zero-order valence-electron chi connectivity index (χ0n) is 12.7. The zero-order chi connectivity index (χ0) is 17.0. The lowest BCUT2D eigenvalue weighted by molar-refractivity contribution is -0.118. The van der Waals surface area contributed by atoms with Crippen molar-refractivity contribution in [1.29, 1.82) is 0 Å². The zero-order valence-corrected chi connectivity index (χ0v) is 14.3. The maximum atomic E-state index is 11.6. The fraction of sp³-hybridized carbons (Fsp3) is 0.286. The monoisotopic (exact) mass is 355 g/mol. The minimum Gasteiger partial charge on any atom is -0.300 e. The second-order valence-corrected chi connectivity index (χ2v) is 7.30. The Balaban J connectivity index is 2.00. The van der Waals surface area contributed by atoms with Crippen LogP contribution in [-0.2, 0) is 25.7 Å². The van der Waals surface area contributed by atoms with E-state index in [1.54, 1.807) is 0 Å². The van der Waals surface area contributed by atoms with Crippen LogP contribution in [0.1, 0.15) is 21.7 Å². The number of nitrogens with two attached hydrogens (primary N) is 1. The Morgan fingerprint density at radius 1 is 1.30 bits per heavy atom. The first-order valence-electron chi connectivity index (χ1n) is 6.72. The van der Waals surface area contributed by atoms with Crippen LogP contribution >= 0.6 is 11.3 Å². The van der Waals surface area contributed by atoms with E-state index in [1.165, 1.54) is 16.9 Å². The Hall–Kier alpha value is -1.81. The molecule has 2 rings (SSSR count). The van der Waals surface area contributed by atoms with Gasteiger partial charge >= 0.3 is 10.3 Å². The molecule has 1 aromatic carbocycles. The molecule has 9 heteroatoms. The number of nitrogens with zero attached hydrogens (tertiary/aromatic N) is 1. The summed E-state index contributed by atoms with van der Waals surface area (Å²) in [6, 6.07) is 8.18. The van der Waals surface area contributed by atoms with Crippen LogP contribution in [0.5, 0.6) is 0 Å². The summed E-state index contributed by atoms with van der Waals surface area (Å²) in [5.41, 5.74) is 3.16. The summed E-state index contributed by atoms with van der Waals surface area (Å²) in [7, 11) is -4.14. The highest BCUT2D eigenvalue weighted by atomic mass is 32.2. The minimum atomic E-state index is -4.14. The van der Waals surface area contributed by atoms with Crippen LogP contribution in [-0.4, -0.2) is 25.9 Å². The number of hydrogen-bond donors (Lipinski definition) is 2. The van der Waals surface area contributed by atoms with E-state index < -0.39 is 22.8 Å². The third-order valence-electron chi connectivity index (χ3n) is 2.98.